The Kier molecular flexibility index (Phi) is 8.56. The highest BCUT2D eigenvalue weighted by atomic mass is 35.5. The molecule has 0 fully saturated rings. The van der Waals surface area contributed by atoms with Gasteiger partial charge in [-0.3, -0.25) is 0 Å². The van der Waals surface area contributed by atoms with Gasteiger partial charge < -0.3 is 11.5 Å². The van der Waals surface area contributed by atoms with E-state index in [1.807, 2.05) is 0 Å². The molecule has 0 aromatic heterocycles. The van der Waals surface area contributed by atoms with Gasteiger partial charge in [0, 0.05) is 16.6 Å². The summed E-state index contributed by atoms with van der Waals surface area (Å²) in [6, 6.07) is 3.20. The summed E-state index contributed by atoms with van der Waals surface area (Å²) in [5.41, 5.74) is 12.2. The van der Waals surface area contributed by atoms with E-state index < -0.39 is 0 Å². The first-order chi connectivity index (χ1) is 7.57. The molecule has 0 radical (unpaired) electrons. The van der Waals surface area contributed by atoms with Crippen LogP contribution in [0.2, 0.25) is 15.1 Å². The van der Waals surface area contributed by atoms with Gasteiger partial charge >= 0.3 is 0 Å². The first-order valence-corrected chi connectivity index (χ1v) is 6.30. The first-order valence-electron chi connectivity index (χ1n) is 5.17. The maximum Gasteiger partial charge on any atom is 0.0654 e. The molecule has 0 saturated heterocycles. The average Bonchev–Trinajstić information content (AvgIpc) is 2.24. The third kappa shape index (κ3) is 4.82. The lowest BCUT2D eigenvalue weighted by Gasteiger charge is -2.16. The highest BCUT2D eigenvalue weighted by Gasteiger charge is 2.16. The van der Waals surface area contributed by atoms with E-state index in [9.17, 15) is 0 Å². The number of rotatable bonds is 5. The van der Waals surface area contributed by atoms with E-state index in [-0.39, 0.29) is 18.4 Å². The Hall–Kier alpha value is 0.300. The van der Waals surface area contributed by atoms with Gasteiger partial charge in [0.25, 0.3) is 0 Å². The molecule has 1 aromatic rings. The molecular formula is C11H16Cl4N2. The van der Waals surface area contributed by atoms with Crippen LogP contribution in [0.3, 0.4) is 0 Å². The van der Waals surface area contributed by atoms with Crippen molar-refractivity contribution in [2.75, 3.05) is 6.54 Å². The quantitative estimate of drug-likeness (QED) is 0.631. The van der Waals surface area contributed by atoms with Gasteiger partial charge in [0.05, 0.1) is 10.0 Å². The molecule has 0 unspecified atom stereocenters. The fourth-order valence-corrected chi connectivity index (χ4v) is 2.35. The summed E-state index contributed by atoms with van der Waals surface area (Å²) in [4.78, 5) is 0. The second kappa shape index (κ2) is 8.41. The lowest BCUT2D eigenvalue weighted by molar-refractivity contribution is 0.591. The Morgan fingerprint density at radius 1 is 1.06 bits per heavy atom. The van der Waals surface area contributed by atoms with Gasteiger partial charge in [0.2, 0.25) is 0 Å². The zero-order valence-corrected chi connectivity index (χ0v) is 12.3. The van der Waals surface area contributed by atoms with E-state index in [4.69, 9.17) is 46.3 Å². The molecule has 98 valence electrons. The number of nitrogens with two attached hydrogens (primary N) is 2. The molecule has 0 spiro atoms. The van der Waals surface area contributed by atoms with Crippen LogP contribution in [-0.4, -0.2) is 6.54 Å². The van der Waals surface area contributed by atoms with Crippen molar-refractivity contribution >= 4 is 47.2 Å². The standard InChI is InChI=1S/C11H15Cl3N2.ClH/c12-7-4-5-8(13)11(14)10(7)9(16)3-1-2-6-15;/h4-5,9H,1-3,6,15-16H2;1H/t9-;/m1./s1. The summed E-state index contributed by atoms with van der Waals surface area (Å²) >= 11 is 18.1. The summed E-state index contributed by atoms with van der Waals surface area (Å²) in [6.07, 6.45) is 2.71. The highest BCUT2D eigenvalue weighted by Crippen LogP contribution is 2.36. The number of benzene rings is 1. The average molecular weight is 318 g/mol. The molecule has 1 atom stereocenters. The van der Waals surface area contributed by atoms with Crippen LogP contribution in [0.15, 0.2) is 12.1 Å². The Balaban J connectivity index is 0.00000256. The normalized spacial score (nSPS) is 12.1. The molecular weight excluding hydrogens is 302 g/mol. The van der Waals surface area contributed by atoms with Crippen LogP contribution in [0.25, 0.3) is 0 Å². The third-order valence-electron chi connectivity index (χ3n) is 2.42. The SMILES string of the molecule is Cl.NCCCC[C@@H](N)c1c(Cl)ccc(Cl)c1Cl. The van der Waals surface area contributed by atoms with Crippen molar-refractivity contribution in [3.63, 3.8) is 0 Å². The summed E-state index contributed by atoms with van der Waals surface area (Å²) in [6.45, 7) is 0.670. The molecule has 0 aliphatic carbocycles. The van der Waals surface area contributed by atoms with Crippen molar-refractivity contribution in [3.8, 4) is 0 Å². The fourth-order valence-electron chi connectivity index (χ4n) is 1.54. The molecule has 0 amide bonds. The minimum Gasteiger partial charge on any atom is -0.330 e. The van der Waals surface area contributed by atoms with Crippen LogP contribution < -0.4 is 11.5 Å². The second-order valence-electron chi connectivity index (χ2n) is 3.65. The van der Waals surface area contributed by atoms with E-state index in [0.29, 0.717) is 21.6 Å². The predicted octanol–water partition coefficient (Wildman–Crippen LogP) is 4.20. The second-order valence-corrected chi connectivity index (χ2v) is 4.84. The number of halogens is 4. The minimum absolute atomic E-state index is 0. The molecule has 0 aliphatic rings. The predicted molar refractivity (Wildman–Crippen MR) is 78.6 cm³/mol. The Morgan fingerprint density at radius 2 is 1.65 bits per heavy atom. The van der Waals surface area contributed by atoms with Gasteiger partial charge in [0.15, 0.2) is 0 Å². The topological polar surface area (TPSA) is 52.0 Å². The Bertz CT molecular complexity index is 358. The molecule has 0 saturated carbocycles. The van der Waals surface area contributed by atoms with Gasteiger partial charge in [-0.25, -0.2) is 0 Å². The number of hydrogen-bond donors (Lipinski definition) is 2. The minimum atomic E-state index is -0.190. The van der Waals surface area contributed by atoms with Crippen LogP contribution in [-0.2, 0) is 0 Å². The van der Waals surface area contributed by atoms with Crippen molar-refractivity contribution in [2.45, 2.75) is 25.3 Å². The Labute approximate surface area is 123 Å². The first kappa shape index (κ1) is 17.3. The van der Waals surface area contributed by atoms with Gasteiger partial charge in [0.1, 0.15) is 0 Å². The largest absolute Gasteiger partial charge is 0.330 e. The lowest BCUT2D eigenvalue weighted by atomic mass is 10.0. The Morgan fingerprint density at radius 3 is 2.24 bits per heavy atom. The van der Waals surface area contributed by atoms with E-state index in [1.165, 1.54) is 0 Å². The maximum absolute atomic E-state index is 6.09. The van der Waals surface area contributed by atoms with Crippen LogP contribution in [0.1, 0.15) is 30.9 Å². The maximum atomic E-state index is 6.09. The monoisotopic (exact) mass is 316 g/mol. The van der Waals surface area contributed by atoms with Crippen molar-refractivity contribution in [2.24, 2.45) is 11.5 Å². The summed E-state index contributed by atoms with van der Waals surface area (Å²) in [5, 5.41) is 1.50. The molecule has 6 heteroatoms. The van der Waals surface area contributed by atoms with Crippen molar-refractivity contribution in [1.82, 2.24) is 0 Å². The zero-order valence-electron chi connectivity index (χ0n) is 9.26. The van der Waals surface area contributed by atoms with Crippen LogP contribution in [0, 0.1) is 0 Å². The molecule has 1 aromatic carbocycles. The van der Waals surface area contributed by atoms with Gasteiger partial charge in [-0.15, -0.1) is 12.4 Å². The molecule has 0 aliphatic heterocycles. The van der Waals surface area contributed by atoms with E-state index >= 15 is 0 Å². The summed E-state index contributed by atoms with van der Waals surface area (Å²) < 4.78 is 0. The van der Waals surface area contributed by atoms with E-state index in [2.05, 4.69) is 0 Å². The fraction of sp³-hybridized carbons (Fsp3) is 0.455. The molecule has 4 N–H and O–H groups in total. The molecule has 1 rings (SSSR count). The lowest BCUT2D eigenvalue weighted by Crippen LogP contribution is -2.12. The summed E-state index contributed by atoms with van der Waals surface area (Å²) in [5.74, 6) is 0. The molecule has 0 bridgehead atoms. The molecule has 2 nitrogen and oxygen atoms in total. The van der Waals surface area contributed by atoms with Crippen molar-refractivity contribution in [3.05, 3.63) is 32.8 Å². The van der Waals surface area contributed by atoms with Gasteiger partial charge in [-0.05, 0) is 31.5 Å². The number of hydrogen-bond acceptors (Lipinski definition) is 2. The van der Waals surface area contributed by atoms with E-state index in [0.717, 1.165) is 24.8 Å². The van der Waals surface area contributed by atoms with Crippen LogP contribution >= 0.6 is 47.2 Å². The third-order valence-corrected chi connectivity index (χ3v) is 3.57. The number of unbranched alkanes of at least 4 members (excludes halogenated alkanes) is 1. The van der Waals surface area contributed by atoms with Gasteiger partial charge in [-0.2, -0.15) is 0 Å². The van der Waals surface area contributed by atoms with Crippen LogP contribution in [0.5, 0.6) is 0 Å². The summed E-state index contributed by atoms with van der Waals surface area (Å²) in [7, 11) is 0. The zero-order chi connectivity index (χ0) is 12.1. The smallest absolute Gasteiger partial charge is 0.0654 e. The van der Waals surface area contributed by atoms with Crippen molar-refractivity contribution < 1.29 is 0 Å². The highest BCUT2D eigenvalue weighted by molar-refractivity contribution is 6.44. The molecule has 0 heterocycles. The molecule has 17 heavy (non-hydrogen) atoms. The van der Waals surface area contributed by atoms with Crippen LogP contribution in [0.4, 0.5) is 0 Å². The van der Waals surface area contributed by atoms with E-state index in [1.54, 1.807) is 12.1 Å². The van der Waals surface area contributed by atoms with Gasteiger partial charge in [-0.1, -0.05) is 41.2 Å². The van der Waals surface area contributed by atoms with Crippen molar-refractivity contribution in [1.29, 1.82) is 0 Å².